The molecule has 1 aliphatic rings. The number of fused-ring (bicyclic) bond motifs is 3. The smallest absolute Gasteiger partial charge is 0.126 e. The fourth-order valence-electron chi connectivity index (χ4n) is 2.19. The molecule has 0 saturated heterocycles. The van der Waals surface area contributed by atoms with Crippen molar-refractivity contribution in [2.24, 2.45) is 0 Å². The third-order valence-electron chi connectivity index (χ3n) is 2.93. The van der Waals surface area contributed by atoms with E-state index in [0.717, 1.165) is 35.6 Å². The van der Waals surface area contributed by atoms with Gasteiger partial charge in [0, 0.05) is 23.7 Å². The fraction of sp³-hybridized carbons (Fsp3) is 0.364. The number of hydrogen-bond donors (Lipinski definition) is 1. The van der Waals surface area contributed by atoms with E-state index in [1.165, 1.54) is 5.56 Å². The van der Waals surface area contributed by atoms with Gasteiger partial charge >= 0.3 is 0 Å². The summed E-state index contributed by atoms with van der Waals surface area (Å²) in [6.45, 7) is 2.68. The van der Waals surface area contributed by atoms with Crippen molar-refractivity contribution in [1.29, 1.82) is 0 Å². The van der Waals surface area contributed by atoms with Crippen molar-refractivity contribution < 1.29 is 9.84 Å². The summed E-state index contributed by atoms with van der Waals surface area (Å²) >= 11 is 0. The number of hydrogen-bond acceptors (Lipinski definition) is 3. The van der Waals surface area contributed by atoms with E-state index in [2.05, 4.69) is 5.10 Å². The first-order chi connectivity index (χ1) is 7.31. The Hall–Kier alpha value is -1.55. The van der Waals surface area contributed by atoms with Gasteiger partial charge in [0.25, 0.3) is 0 Å². The Kier molecular flexibility index (Phi) is 1.73. The summed E-state index contributed by atoms with van der Waals surface area (Å²) in [5, 5.41) is 13.7. The first-order valence-corrected chi connectivity index (χ1v) is 5.04. The maximum Gasteiger partial charge on any atom is 0.126 e. The Morgan fingerprint density at radius 3 is 3.27 bits per heavy atom. The predicted molar refractivity (Wildman–Crippen MR) is 55.1 cm³/mol. The van der Waals surface area contributed by atoms with Gasteiger partial charge in [-0.1, -0.05) is 0 Å². The van der Waals surface area contributed by atoms with Crippen LogP contribution in [0.5, 0.6) is 5.75 Å². The van der Waals surface area contributed by atoms with E-state index in [9.17, 15) is 5.11 Å². The Balaban J connectivity index is 2.42. The van der Waals surface area contributed by atoms with Crippen LogP contribution in [0.25, 0.3) is 5.52 Å². The average Bonchev–Trinajstić information content (AvgIpc) is 2.78. The van der Waals surface area contributed by atoms with Gasteiger partial charge in [-0.25, -0.2) is 4.52 Å². The molecule has 0 radical (unpaired) electrons. The first kappa shape index (κ1) is 8.73. The normalized spacial score (nSPS) is 14.3. The number of aliphatic hydroxyl groups is 1. The average molecular weight is 204 g/mol. The number of aliphatic hydroxyl groups excluding tert-OH is 1. The van der Waals surface area contributed by atoms with E-state index in [0.29, 0.717) is 0 Å². The molecule has 2 aromatic heterocycles. The van der Waals surface area contributed by atoms with Crippen molar-refractivity contribution in [1.82, 2.24) is 9.61 Å². The second kappa shape index (κ2) is 2.97. The first-order valence-electron chi connectivity index (χ1n) is 5.04. The van der Waals surface area contributed by atoms with Crippen molar-refractivity contribution >= 4 is 5.52 Å². The van der Waals surface area contributed by atoms with Crippen LogP contribution in [-0.2, 0) is 13.0 Å². The van der Waals surface area contributed by atoms with Crippen LogP contribution in [0.1, 0.15) is 16.8 Å². The molecular weight excluding hydrogens is 192 g/mol. The minimum absolute atomic E-state index is 0.0335. The van der Waals surface area contributed by atoms with Gasteiger partial charge in [-0.05, 0) is 13.0 Å². The maximum absolute atomic E-state index is 9.34. The van der Waals surface area contributed by atoms with Crippen molar-refractivity contribution in [2.45, 2.75) is 20.0 Å². The molecule has 0 aromatic carbocycles. The van der Waals surface area contributed by atoms with Gasteiger partial charge in [-0.15, -0.1) is 0 Å². The Morgan fingerprint density at radius 2 is 2.47 bits per heavy atom. The molecule has 0 saturated carbocycles. The SMILES string of the molecule is Cc1nn2ccc3c(c2c1CO)CCO3. The topological polar surface area (TPSA) is 46.8 Å². The zero-order valence-corrected chi connectivity index (χ0v) is 8.53. The molecule has 0 spiro atoms. The van der Waals surface area contributed by atoms with Crippen LogP contribution in [0.15, 0.2) is 12.3 Å². The van der Waals surface area contributed by atoms with E-state index >= 15 is 0 Å². The molecule has 2 aromatic rings. The highest BCUT2D eigenvalue weighted by Gasteiger charge is 2.20. The Bertz CT molecular complexity index is 531. The van der Waals surface area contributed by atoms with Crippen LogP contribution in [0.2, 0.25) is 0 Å². The summed E-state index contributed by atoms with van der Waals surface area (Å²) in [4.78, 5) is 0. The number of pyridine rings is 1. The number of aromatic nitrogens is 2. The quantitative estimate of drug-likeness (QED) is 0.755. The summed E-state index contributed by atoms with van der Waals surface area (Å²) in [5.74, 6) is 0.928. The van der Waals surface area contributed by atoms with Gasteiger partial charge in [0.15, 0.2) is 0 Å². The summed E-state index contributed by atoms with van der Waals surface area (Å²) < 4.78 is 7.32. The molecule has 4 nitrogen and oxygen atoms in total. The molecule has 0 atom stereocenters. The van der Waals surface area contributed by atoms with E-state index < -0.39 is 0 Å². The molecule has 0 amide bonds. The van der Waals surface area contributed by atoms with Crippen molar-refractivity contribution in [2.75, 3.05) is 6.61 Å². The lowest BCUT2D eigenvalue weighted by Crippen LogP contribution is -1.91. The van der Waals surface area contributed by atoms with Crippen molar-refractivity contribution in [3.05, 3.63) is 29.1 Å². The largest absolute Gasteiger partial charge is 0.493 e. The molecule has 0 aliphatic carbocycles. The molecule has 0 bridgehead atoms. The van der Waals surface area contributed by atoms with Crippen LogP contribution >= 0.6 is 0 Å². The third kappa shape index (κ3) is 1.08. The standard InChI is InChI=1S/C11H12N2O2/c1-7-9(6-14)11-8-3-5-15-10(8)2-4-13(11)12-7/h2,4,14H,3,5-6H2,1H3. The molecule has 3 rings (SSSR count). The van der Waals surface area contributed by atoms with Crippen LogP contribution in [-0.4, -0.2) is 21.3 Å². The Morgan fingerprint density at radius 1 is 1.60 bits per heavy atom. The van der Waals surface area contributed by atoms with Gasteiger partial charge in [0.1, 0.15) is 5.75 Å². The molecular formula is C11H12N2O2. The van der Waals surface area contributed by atoms with E-state index in [4.69, 9.17) is 4.74 Å². The van der Waals surface area contributed by atoms with E-state index in [-0.39, 0.29) is 6.61 Å². The number of aryl methyl sites for hydroxylation is 1. The fourth-order valence-corrected chi connectivity index (χ4v) is 2.19. The molecule has 78 valence electrons. The van der Waals surface area contributed by atoms with Crippen LogP contribution in [0.4, 0.5) is 0 Å². The van der Waals surface area contributed by atoms with Gasteiger partial charge in [-0.2, -0.15) is 5.10 Å². The summed E-state index contributed by atoms with van der Waals surface area (Å²) in [6, 6.07) is 1.93. The maximum atomic E-state index is 9.34. The van der Waals surface area contributed by atoms with E-state index in [1.54, 1.807) is 0 Å². The third-order valence-corrected chi connectivity index (χ3v) is 2.93. The zero-order valence-electron chi connectivity index (χ0n) is 8.53. The Labute approximate surface area is 87.1 Å². The number of rotatable bonds is 1. The van der Waals surface area contributed by atoms with Gasteiger partial charge in [0.05, 0.1) is 24.4 Å². The second-order valence-electron chi connectivity index (χ2n) is 3.77. The minimum Gasteiger partial charge on any atom is -0.493 e. The van der Waals surface area contributed by atoms with Gasteiger partial charge in [0.2, 0.25) is 0 Å². The predicted octanol–water partition coefficient (Wildman–Crippen LogP) is 1.07. The zero-order chi connectivity index (χ0) is 10.4. The minimum atomic E-state index is 0.0335. The highest BCUT2D eigenvalue weighted by Crippen LogP contribution is 2.31. The van der Waals surface area contributed by atoms with Crippen molar-refractivity contribution in [3.8, 4) is 5.75 Å². The highest BCUT2D eigenvalue weighted by atomic mass is 16.5. The molecule has 3 heterocycles. The van der Waals surface area contributed by atoms with Crippen molar-refractivity contribution in [3.63, 3.8) is 0 Å². The lowest BCUT2D eigenvalue weighted by atomic mass is 10.1. The monoisotopic (exact) mass is 204 g/mol. The summed E-state index contributed by atoms with van der Waals surface area (Å²) in [7, 11) is 0. The molecule has 4 heteroatoms. The van der Waals surface area contributed by atoms with Crippen LogP contribution in [0, 0.1) is 6.92 Å². The molecule has 1 N–H and O–H groups in total. The summed E-state index contributed by atoms with van der Waals surface area (Å²) in [5.41, 5.74) is 3.99. The molecule has 0 unspecified atom stereocenters. The molecule has 15 heavy (non-hydrogen) atoms. The van der Waals surface area contributed by atoms with Gasteiger partial charge in [-0.3, -0.25) is 0 Å². The summed E-state index contributed by atoms with van der Waals surface area (Å²) in [6.07, 6.45) is 2.78. The number of ether oxygens (including phenoxy) is 1. The number of nitrogens with zero attached hydrogens (tertiary/aromatic N) is 2. The second-order valence-corrected chi connectivity index (χ2v) is 3.77. The van der Waals surface area contributed by atoms with Gasteiger partial charge < -0.3 is 9.84 Å². The lowest BCUT2D eigenvalue weighted by molar-refractivity contribution is 0.282. The highest BCUT2D eigenvalue weighted by molar-refractivity contribution is 5.67. The van der Waals surface area contributed by atoms with Crippen LogP contribution < -0.4 is 4.74 Å². The van der Waals surface area contributed by atoms with E-state index in [1.807, 2.05) is 23.7 Å². The molecule has 1 aliphatic heterocycles. The molecule has 0 fully saturated rings. The lowest BCUT2D eigenvalue weighted by Gasteiger charge is -2.02. The van der Waals surface area contributed by atoms with Crippen LogP contribution in [0.3, 0.4) is 0 Å².